The van der Waals surface area contributed by atoms with Crippen LogP contribution in [-0.2, 0) is 28.5 Å². The smallest absolute Gasteiger partial charge is 0.383 e. The third kappa shape index (κ3) is 11.6. The third-order valence-electron chi connectivity index (χ3n) is 9.96. The standard InChI is InChI=1S/C51H44O15/c1-3-4-5-18-29-58-41-38-28-27-37(30-39(38)62-50(57)44(41)60-32(2)52)61-51-45(66-49(56)36-25-16-9-17-26-36)43(65-48(55)35-23-14-8-15-24-35)42(64-47(54)34-21-12-7-13-22-34)40(63-51)31-59-46(53)33-19-10-6-11-20-33/h4-17,19-28,30,40,42-43,45,51H,3,18,29,31H2,1-2H3/b5-4+/t40-,42-,43+,45-,51-/m1/s1. The molecule has 1 aliphatic rings. The Balaban J connectivity index is 1.32. The molecule has 1 saturated heterocycles. The molecule has 0 amide bonds. The van der Waals surface area contributed by atoms with Crippen LogP contribution in [0.3, 0.4) is 0 Å². The number of allylic oxidation sites excluding steroid dienone is 1. The third-order valence-corrected chi connectivity index (χ3v) is 9.96. The van der Waals surface area contributed by atoms with Crippen molar-refractivity contribution in [1.82, 2.24) is 0 Å². The van der Waals surface area contributed by atoms with E-state index in [2.05, 4.69) is 0 Å². The first kappa shape index (κ1) is 46.0. The summed E-state index contributed by atoms with van der Waals surface area (Å²) in [6, 6.07) is 36.2. The molecular formula is C51H44O15. The number of rotatable bonds is 17. The molecule has 0 N–H and O–H groups in total. The van der Waals surface area contributed by atoms with Crippen LogP contribution in [0.4, 0.5) is 0 Å². The molecule has 5 atom stereocenters. The zero-order chi connectivity index (χ0) is 46.4. The van der Waals surface area contributed by atoms with Gasteiger partial charge in [0.25, 0.3) is 5.75 Å². The monoisotopic (exact) mass is 896 g/mol. The van der Waals surface area contributed by atoms with Crippen LogP contribution >= 0.6 is 0 Å². The second kappa shape index (κ2) is 22.0. The molecule has 0 radical (unpaired) electrons. The molecule has 15 heteroatoms. The summed E-state index contributed by atoms with van der Waals surface area (Å²) in [6.45, 7) is 2.66. The molecule has 0 bridgehead atoms. The van der Waals surface area contributed by atoms with Crippen molar-refractivity contribution >= 4 is 40.8 Å². The average Bonchev–Trinajstić information content (AvgIpc) is 3.34. The van der Waals surface area contributed by atoms with E-state index in [0.717, 1.165) is 13.3 Å². The van der Waals surface area contributed by atoms with E-state index in [4.69, 9.17) is 42.3 Å². The lowest BCUT2D eigenvalue weighted by Crippen LogP contribution is -2.63. The first-order chi connectivity index (χ1) is 32.1. The molecule has 7 rings (SSSR count). The molecular weight excluding hydrogens is 853 g/mol. The molecule has 0 aliphatic carbocycles. The van der Waals surface area contributed by atoms with Gasteiger partial charge >= 0.3 is 35.5 Å². The highest BCUT2D eigenvalue weighted by Gasteiger charge is 2.54. The van der Waals surface area contributed by atoms with Crippen molar-refractivity contribution in [2.45, 2.75) is 57.4 Å². The zero-order valence-electron chi connectivity index (χ0n) is 35.8. The number of esters is 5. The van der Waals surface area contributed by atoms with E-state index >= 15 is 0 Å². The van der Waals surface area contributed by atoms with Gasteiger partial charge in [-0.05, 0) is 73.5 Å². The van der Waals surface area contributed by atoms with E-state index in [1.54, 1.807) is 84.9 Å². The maximum absolute atomic E-state index is 14.0. The van der Waals surface area contributed by atoms with Crippen molar-refractivity contribution in [2.75, 3.05) is 13.2 Å². The number of fused-ring (bicyclic) bond motifs is 1. The summed E-state index contributed by atoms with van der Waals surface area (Å²) >= 11 is 0. The number of hydrogen-bond donors (Lipinski definition) is 0. The molecule has 6 aromatic rings. The van der Waals surface area contributed by atoms with Gasteiger partial charge in [0.15, 0.2) is 18.0 Å². The second-order valence-electron chi connectivity index (χ2n) is 14.6. The Kier molecular flexibility index (Phi) is 15.4. The van der Waals surface area contributed by atoms with E-state index in [0.29, 0.717) is 6.42 Å². The van der Waals surface area contributed by atoms with Crippen molar-refractivity contribution in [3.05, 3.63) is 184 Å². The molecule has 66 heavy (non-hydrogen) atoms. The Morgan fingerprint density at radius 2 is 1.12 bits per heavy atom. The van der Waals surface area contributed by atoms with E-state index in [9.17, 15) is 28.8 Å². The summed E-state index contributed by atoms with van der Waals surface area (Å²) in [4.78, 5) is 80.5. The minimum absolute atomic E-state index is 0.0265. The summed E-state index contributed by atoms with van der Waals surface area (Å²) in [5.41, 5.74) is -0.542. The Morgan fingerprint density at radius 1 is 0.606 bits per heavy atom. The SMILES string of the molecule is CC/C=C/CCOc1c(OC(C)=O)c(=O)oc2cc(O[C@@H]3O[C@H](COC(=O)c4ccccc4)[C@@H](OC(=O)c4ccccc4)[C@H](OC(=O)c4ccccc4)[C@H]3OC(=O)c3ccccc3)ccc12. The Morgan fingerprint density at radius 3 is 1.65 bits per heavy atom. The quantitative estimate of drug-likeness (QED) is 0.0281. The summed E-state index contributed by atoms with van der Waals surface area (Å²) in [5.74, 6) is -4.70. The van der Waals surface area contributed by atoms with E-state index in [-0.39, 0.29) is 51.3 Å². The first-order valence-electron chi connectivity index (χ1n) is 21.0. The molecule has 1 aliphatic heterocycles. The predicted molar refractivity (Wildman–Crippen MR) is 236 cm³/mol. The second-order valence-corrected chi connectivity index (χ2v) is 14.6. The lowest BCUT2D eigenvalue weighted by molar-refractivity contribution is -0.275. The van der Waals surface area contributed by atoms with Gasteiger partial charge in [0.05, 0.1) is 34.2 Å². The lowest BCUT2D eigenvalue weighted by atomic mass is 9.97. The number of hydrogen-bond acceptors (Lipinski definition) is 15. The van der Waals surface area contributed by atoms with E-state index in [1.807, 2.05) is 19.1 Å². The largest absolute Gasteiger partial charge is 0.488 e. The van der Waals surface area contributed by atoms with Crippen LogP contribution in [0.1, 0.15) is 68.1 Å². The van der Waals surface area contributed by atoms with Crippen LogP contribution in [0.2, 0.25) is 0 Å². The molecule has 5 aromatic carbocycles. The van der Waals surface area contributed by atoms with Gasteiger partial charge in [-0.2, -0.15) is 0 Å². The zero-order valence-corrected chi connectivity index (χ0v) is 35.8. The average molecular weight is 897 g/mol. The Bertz CT molecular complexity index is 2720. The van der Waals surface area contributed by atoms with Gasteiger partial charge in [0, 0.05) is 13.0 Å². The Hall–Kier alpha value is -8.04. The van der Waals surface area contributed by atoms with Crippen molar-refractivity contribution < 1.29 is 66.3 Å². The summed E-state index contributed by atoms with van der Waals surface area (Å²) < 4.78 is 53.8. The van der Waals surface area contributed by atoms with Crippen molar-refractivity contribution in [2.24, 2.45) is 0 Å². The summed E-state index contributed by atoms with van der Waals surface area (Å²) in [7, 11) is 0. The topological polar surface area (TPSA) is 189 Å². The van der Waals surface area contributed by atoms with Crippen LogP contribution < -0.4 is 19.8 Å². The molecule has 15 nitrogen and oxygen atoms in total. The summed E-state index contributed by atoms with van der Waals surface area (Å²) in [5, 5.41) is 0.238. The number of benzene rings is 5. The van der Waals surface area contributed by atoms with Crippen LogP contribution in [0.25, 0.3) is 11.0 Å². The number of carbonyl (C=O) groups is 5. The van der Waals surface area contributed by atoms with Crippen LogP contribution in [-0.4, -0.2) is 73.8 Å². The normalized spacial score (nSPS) is 17.9. The maximum Gasteiger partial charge on any atom is 0.383 e. The van der Waals surface area contributed by atoms with Crippen LogP contribution in [0, 0.1) is 0 Å². The molecule has 0 unspecified atom stereocenters. The molecule has 1 fully saturated rings. The van der Waals surface area contributed by atoms with Gasteiger partial charge < -0.3 is 42.3 Å². The van der Waals surface area contributed by atoms with E-state index in [1.165, 1.54) is 54.6 Å². The van der Waals surface area contributed by atoms with Gasteiger partial charge in [0.1, 0.15) is 24.0 Å². The lowest BCUT2D eigenvalue weighted by Gasteiger charge is -2.44. The van der Waals surface area contributed by atoms with Crippen LogP contribution in [0.15, 0.2) is 161 Å². The Labute approximate surface area is 378 Å². The molecule has 2 heterocycles. The summed E-state index contributed by atoms with van der Waals surface area (Å²) in [6.07, 6.45) is -3.00. The fraction of sp³-hybridized carbons (Fsp3) is 0.216. The highest BCUT2D eigenvalue weighted by Crippen LogP contribution is 2.37. The fourth-order valence-corrected chi connectivity index (χ4v) is 6.85. The first-order valence-corrected chi connectivity index (χ1v) is 21.0. The van der Waals surface area contributed by atoms with Crippen molar-refractivity contribution in [3.8, 4) is 17.2 Å². The van der Waals surface area contributed by atoms with Gasteiger partial charge in [-0.25, -0.2) is 24.0 Å². The van der Waals surface area contributed by atoms with Crippen LogP contribution in [0.5, 0.6) is 17.2 Å². The van der Waals surface area contributed by atoms with E-state index < -0.39 is 78.5 Å². The minimum Gasteiger partial charge on any atom is -0.488 e. The molecule has 0 saturated carbocycles. The number of carbonyl (C=O) groups excluding carboxylic acids is 5. The molecule has 338 valence electrons. The highest BCUT2D eigenvalue weighted by atomic mass is 16.7. The maximum atomic E-state index is 14.0. The number of ether oxygens (including phenoxy) is 8. The predicted octanol–water partition coefficient (Wildman–Crippen LogP) is 8.09. The van der Waals surface area contributed by atoms with Crippen molar-refractivity contribution in [1.29, 1.82) is 0 Å². The van der Waals surface area contributed by atoms with Gasteiger partial charge in [-0.1, -0.05) is 91.9 Å². The van der Waals surface area contributed by atoms with Gasteiger partial charge in [0.2, 0.25) is 12.4 Å². The molecule has 0 spiro atoms. The molecule has 1 aromatic heterocycles. The van der Waals surface area contributed by atoms with Crippen molar-refractivity contribution in [3.63, 3.8) is 0 Å². The minimum atomic E-state index is -1.70. The highest BCUT2D eigenvalue weighted by molar-refractivity contribution is 5.92. The van der Waals surface area contributed by atoms with Gasteiger partial charge in [-0.15, -0.1) is 0 Å². The fourth-order valence-electron chi connectivity index (χ4n) is 6.85. The van der Waals surface area contributed by atoms with Gasteiger partial charge in [-0.3, -0.25) is 4.79 Å².